The largest absolute Gasteiger partial charge is 1.00 e. The maximum Gasteiger partial charge on any atom is 1.00 e. The van der Waals surface area contributed by atoms with Crippen LogP contribution in [0.1, 0.15) is 107 Å². The van der Waals surface area contributed by atoms with E-state index in [1.165, 1.54) is 104 Å². The van der Waals surface area contributed by atoms with E-state index in [0.717, 1.165) is 19.3 Å². The van der Waals surface area contributed by atoms with Crippen LogP contribution in [0.3, 0.4) is 0 Å². The normalized spacial score (nSPS) is 21.2. The fraction of sp³-hybridized carbons (Fsp3) is 0.328. The van der Waals surface area contributed by atoms with Gasteiger partial charge in [-0.15, -0.1) is 0 Å². The zero-order valence-corrected chi connectivity index (χ0v) is 54.0. The average molecular weight is 1260 g/mol. The molecule has 0 saturated carbocycles. The fourth-order valence-corrected chi connectivity index (χ4v) is 10.0. The van der Waals surface area contributed by atoms with Gasteiger partial charge in [0.2, 0.25) is 0 Å². The first-order chi connectivity index (χ1) is 42.1. The summed E-state index contributed by atoms with van der Waals surface area (Å²) in [6.07, 6.45) is -15.6. The second-order valence-corrected chi connectivity index (χ2v) is 21.0. The van der Waals surface area contributed by atoms with Gasteiger partial charge in [-0.3, -0.25) is 4.79 Å². The Balaban J connectivity index is 0.00000631. The molecule has 2 saturated heterocycles. The molecule has 0 aliphatic carbocycles. The Morgan fingerprint density at radius 1 is 0.404 bits per heavy atom. The van der Waals surface area contributed by atoms with Gasteiger partial charge in [-0.1, -0.05) is 135 Å². The molecule has 0 spiro atoms. The predicted molar refractivity (Wildman–Crippen MR) is 301 cm³/mol. The van der Waals surface area contributed by atoms with Crippen LogP contribution in [0.5, 0.6) is 0 Å². The Labute approximate surface area is 557 Å². The molecule has 25 heteroatoms. The molecule has 0 N–H and O–H groups in total. The van der Waals surface area contributed by atoms with Crippen LogP contribution >= 0.6 is 7.82 Å². The smallest absolute Gasteiger partial charge is 0.790 e. The molecule has 6 aromatic carbocycles. The van der Waals surface area contributed by atoms with Gasteiger partial charge in [-0.2, -0.15) is 0 Å². The van der Waals surface area contributed by atoms with E-state index in [9.17, 15) is 47.9 Å². The van der Waals surface area contributed by atoms with Crippen LogP contribution in [-0.2, 0) is 66.0 Å². The number of methoxy groups -OCH3 is 1. The molecular weight excluding hydrogens is 1200 g/mol. The molecule has 0 aromatic heterocycles. The molecule has 8 rings (SSSR count). The van der Waals surface area contributed by atoms with Crippen molar-refractivity contribution in [2.45, 2.75) is 106 Å². The van der Waals surface area contributed by atoms with Crippen molar-refractivity contribution in [3.63, 3.8) is 0 Å². The van der Waals surface area contributed by atoms with E-state index < -0.39 is 118 Å². The third kappa shape index (κ3) is 21.6. The maximum absolute atomic E-state index is 14.6. The Kier molecular flexibility index (Phi) is 29.3. The summed E-state index contributed by atoms with van der Waals surface area (Å²) >= 11 is 0. The number of phosphoric ester groups is 1. The SMILES string of the molecule is COC(=O)CCCCCCCCO[C@@H]1O[C@H](COC(=O)c2ccccc2)[C@@H](O[C@@H]2O[C@H](COC(=O)c3ccccc3)[C@H](OP(=O)([O-])[O-])[C@H](OC(=O)c3ccccc3)[C@H]2OC(=O)c2ccccc2)[C@H](OC(=O)c2ccccc2)[C@H]1OC(=O)c1ccccc1.[Na+].[Na+]. The zero-order chi connectivity index (χ0) is 61.5. The first-order valence-electron chi connectivity index (χ1n) is 28.0. The summed E-state index contributed by atoms with van der Waals surface area (Å²) in [5, 5.41) is 0. The van der Waals surface area contributed by atoms with Gasteiger partial charge in [0.25, 0.3) is 0 Å². The van der Waals surface area contributed by atoms with E-state index in [4.69, 9.17) is 56.6 Å². The van der Waals surface area contributed by atoms with Crippen molar-refractivity contribution in [2.75, 3.05) is 26.9 Å². The van der Waals surface area contributed by atoms with Crippen molar-refractivity contribution in [1.82, 2.24) is 0 Å². The van der Waals surface area contributed by atoms with Crippen LogP contribution in [0.15, 0.2) is 182 Å². The quantitative estimate of drug-likeness (QED) is 0.0221. The third-order valence-corrected chi connectivity index (χ3v) is 14.3. The summed E-state index contributed by atoms with van der Waals surface area (Å²) < 4.78 is 85.6. The standard InChI is InChI=1S/C64H65O22P.2Na/c1-75-50(65)38-24-4-2-3-5-25-39-76-63-55(83-61(70)46-34-20-10-21-35-46)53(81-59(68)44-30-16-8-17-31-44)51(48(79-63)40-77-57(66)42-26-12-6-13-27-42)85-64-56(84-62(71)47-36-22-11-23-37-47)54(82-60(69)45-32-18-9-19-33-45)52(86-87(72,73)74)49(80-64)41-78-58(67)43-28-14-7-15-29-43;;/h6-23,26-37,48-49,51-56,63-64H,2-5,24-25,38-41H2,1H3,(H2,72,73,74);;/q;2*+1/p-2/t48-,49-,51-,52+,53+,54+,55-,56-,63-,64+;;/m1../s1. The summed E-state index contributed by atoms with van der Waals surface area (Å²) in [6, 6.07) is 45.3. The van der Waals surface area contributed by atoms with Gasteiger partial charge in [-0.25, -0.2) is 28.8 Å². The number of carbonyl (C=O) groups excluding carboxylic acids is 7. The summed E-state index contributed by atoms with van der Waals surface area (Å²) in [5.41, 5.74) is -0.0753. The molecule has 458 valence electrons. The van der Waals surface area contributed by atoms with Crippen molar-refractivity contribution >= 4 is 49.6 Å². The number of rotatable bonds is 28. The third-order valence-electron chi connectivity index (χ3n) is 13.8. The van der Waals surface area contributed by atoms with Crippen molar-refractivity contribution in [3.8, 4) is 0 Å². The van der Waals surface area contributed by atoms with Crippen LogP contribution in [0.2, 0.25) is 0 Å². The van der Waals surface area contributed by atoms with Gasteiger partial charge in [0.05, 0.1) is 48.3 Å². The summed E-state index contributed by atoms with van der Waals surface area (Å²) in [7, 11) is -4.86. The number of hydrogen-bond acceptors (Lipinski definition) is 22. The van der Waals surface area contributed by atoms with Crippen LogP contribution in [-0.4, -0.2) is 130 Å². The fourth-order valence-electron chi connectivity index (χ4n) is 9.46. The second kappa shape index (κ2) is 36.4. The minimum Gasteiger partial charge on any atom is -0.790 e. The first-order valence-corrected chi connectivity index (χ1v) is 29.5. The molecule has 2 aliphatic heterocycles. The van der Waals surface area contributed by atoms with E-state index in [1.807, 2.05) is 0 Å². The van der Waals surface area contributed by atoms with Crippen molar-refractivity contribution in [1.29, 1.82) is 0 Å². The summed E-state index contributed by atoms with van der Waals surface area (Å²) in [5.74, 6) is -6.45. The molecule has 10 atom stereocenters. The monoisotopic (exact) mass is 1260 g/mol. The molecule has 0 radical (unpaired) electrons. The van der Waals surface area contributed by atoms with Gasteiger partial charge < -0.3 is 71.0 Å². The molecule has 2 aliphatic rings. The van der Waals surface area contributed by atoms with E-state index in [-0.39, 0.29) is 111 Å². The maximum atomic E-state index is 14.6. The van der Waals surface area contributed by atoms with E-state index >= 15 is 0 Å². The Morgan fingerprint density at radius 3 is 1.10 bits per heavy atom. The molecule has 2 fully saturated rings. The van der Waals surface area contributed by atoms with Crippen molar-refractivity contribution < 1.29 is 164 Å². The topological polar surface area (TPSA) is 293 Å². The molecule has 2 heterocycles. The number of benzene rings is 6. The Bertz CT molecular complexity index is 3240. The second-order valence-electron chi connectivity index (χ2n) is 19.9. The number of ether oxygens (including phenoxy) is 11. The molecule has 22 nitrogen and oxygen atoms in total. The van der Waals surface area contributed by atoms with Gasteiger partial charge in [0.1, 0.15) is 37.6 Å². The molecule has 0 bridgehead atoms. The van der Waals surface area contributed by atoms with E-state index in [2.05, 4.69) is 0 Å². The van der Waals surface area contributed by atoms with Gasteiger partial charge in [0, 0.05) is 13.0 Å². The number of unbranched alkanes of at least 4 members (excludes halogenated alkanes) is 5. The molecule has 6 aromatic rings. The predicted octanol–water partition coefficient (Wildman–Crippen LogP) is 1.58. The number of esters is 7. The minimum absolute atomic E-state index is 0. The Morgan fingerprint density at radius 2 is 0.719 bits per heavy atom. The minimum atomic E-state index is -6.19. The van der Waals surface area contributed by atoms with E-state index in [1.54, 1.807) is 84.9 Å². The van der Waals surface area contributed by atoms with Crippen LogP contribution in [0, 0.1) is 0 Å². The van der Waals surface area contributed by atoms with Crippen molar-refractivity contribution in [2.24, 2.45) is 0 Å². The van der Waals surface area contributed by atoms with Gasteiger partial charge in [0.15, 0.2) is 37.0 Å². The molecule has 89 heavy (non-hydrogen) atoms. The first kappa shape index (κ1) is 71.6. The summed E-state index contributed by atoms with van der Waals surface area (Å²) in [6.45, 7) is -1.77. The van der Waals surface area contributed by atoms with Crippen LogP contribution in [0.4, 0.5) is 0 Å². The average Bonchev–Trinajstić information content (AvgIpc) is 1.78. The molecule has 0 amide bonds. The van der Waals surface area contributed by atoms with Crippen molar-refractivity contribution in [3.05, 3.63) is 215 Å². The Hall–Kier alpha value is -6.44. The van der Waals surface area contributed by atoms with Crippen LogP contribution in [0.25, 0.3) is 0 Å². The van der Waals surface area contributed by atoms with Gasteiger partial charge in [-0.05, 0) is 85.6 Å². The van der Waals surface area contributed by atoms with Crippen LogP contribution < -0.4 is 68.9 Å². The number of hydrogen-bond donors (Lipinski definition) is 0. The molecule has 0 unspecified atom stereocenters. The van der Waals surface area contributed by atoms with E-state index in [0.29, 0.717) is 19.3 Å². The summed E-state index contributed by atoms with van der Waals surface area (Å²) in [4.78, 5) is 123. The zero-order valence-electron chi connectivity index (χ0n) is 49.1. The number of phosphoric acid groups is 1. The van der Waals surface area contributed by atoms with Gasteiger partial charge >= 0.3 is 101 Å². The molecular formula is C64H63Na2O22P. The number of carbonyl (C=O) groups is 7.